The quantitative estimate of drug-likeness (QED) is 0.862. The first-order valence-electron chi connectivity index (χ1n) is 7.38. The van der Waals surface area contributed by atoms with Crippen LogP contribution in [-0.2, 0) is 4.79 Å². The van der Waals surface area contributed by atoms with E-state index in [-0.39, 0.29) is 42.7 Å². The Kier molecular flexibility index (Phi) is 9.07. The lowest BCUT2D eigenvalue weighted by Crippen LogP contribution is -2.52. The van der Waals surface area contributed by atoms with Gasteiger partial charge in [0.05, 0.1) is 6.04 Å². The molecule has 1 amide bonds. The average molecular weight is 326 g/mol. The molecule has 2 aliphatic rings. The van der Waals surface area contributed by atoms with E-state index in [9.17, 15) is 4.79 Å². The molecule has 2 aliphatic heterocycles. The third-order valence-corrected chi connectivity index (χ3v) is 4.44. The van der Waals surface area contributed by atoms with Gasteiger partial charge in [0.25, 0.3) is 0 Å². The highest BCUT2D eigenvalue weighted by atomic mass is 35.5. The summed E-state index contributed by atoms with van der Waals surface area (Å²) in [5, 5.41) is 0. The molecule has 6 heteroatoms. The van der Waals surface area contributed by atoms with Gasteiger partial charge >= 0.3 is 0 Å². The van der Waals surface area contributed by atoms with Crippen molar-refractivity contribution in [1.29, 1.82) is 0 Å². The molecule has 2 rings (SSSR count). The first-order valence-corrected chi connectivity index (χ1v) is 7.38. The van der Waals surface area contributed by atoms with Crippen LogP contribution in [0.2, 0.25) is 0 Å². The Morgan fingerprint density at radius 3 is 2.00 bits per heavy atom. The largest absolute Gasteiger partial charge is 0.341 e. The van der Waals surface area contributed by atoms with E-state index in [1.165, 1.54) is 25.9 Å². The second-order valence-corrected chi connectivity index (χ2v) is 6.07. The van der Waals surface area contributed by atoms with Crippen LogP contribution in [0.3, 0.4) is 0 Å². The average Bonchev–Trinajstić information content (AvgIpc) is 2.91. The summed E-state index contributed by atoms with van der Waals surface area (Å²) in [7, 11) is 0. The zero-order chi connectivity index (χ0) is 13.1. The molecule has 2 fully saturated rings. The minimum absolute atomic E-state index is 0. The summed E-state index contributed by atoms with van der Waals surface area (Å²) in [6.45, 7) is 8.31. The van der Waals surface area contributed by atoms with Gasteiger partial charge in [0, 0.05) is 19.1 Å². The van der Waals surface area contributed by atoms with Crippen molar-refractivity contribution in [2.24, 2.45) is 11.7 Å². The van der Waals surface area contributed by atoms with Crippen molar-refractivity contribution in [1.82, 2.24) is 9.80 Å². The number of nitrogens with zero attached hydrogens (tertiary/aromatic N) is 2. The van der Waals surface area contributed by atoms with Crippen molar-refractivity contribution < 1.29 is 4.79 Å². The van der Waals surface area contributed by atoms with Gasteiger partial charge in [0.15, 0.2) is 0 Å². The topological polar surface area (TPSA) is 49.6 Å². The van der Waals surface area contributed by atoms with Crippen LogP contribution < -0.4 is 5.73 Å². The maximum atomic E-state index is 12.2. The Labute approximate surface area is 135 Å². The molecule has 0 aliphatic carbocycles. The van der Waals surface area contributed by atoms with E-state index in [0.29, 0.717) is 6.04 Å². The molecule has 20 heavy (non-hydrogen) atoms. The van der Waals surface area contributed by atoms with Gasteiger partial charge < -0.3 is 15.5 Å². The normalized spacial score (nSPS) is 22.3. The standard InChI is InChI=1S/C14H27N3O.2ClH/c1-11(2)13(15)14(18)17-9-5-12(6-10-17)16-7-3-4-8-16;;/h11-13H,3-10,15H2,1-2H3;2*1H. The zero-order valence-corrected chi connectivity index (χ0v) is 14.2. The predicted molar refractivity (Wildman–Crippen MR) is 87.7 cm³/mol. The summed E-state index contributed by atoms with van der Waals surface area (Å²) in [6.07, 6.45) is 4.93. The highest BCUT2D eigenvalue weighted by Gasteiger charge is 2.30. The van der Waals surface area contributed by atoms with Crippen molar-refractivity contribution in [3.8, 4) is 0 Å². The molecule has 0 aromatic carbocycles. The summed E-state index contributed by atoms with van der Waals surface area (Å²) in [5.74, 6) is 0.374. The summed E-state index contributed by atoms with van der Waals surface area (Å²) >= 11 is 0. The fraction of sp³-hybridized carbons (Fsp3) is 0.929. The van der Waals surface area contributed by atoms with Crippen molar-refractivity contribution in [3.63, 3.8) is 0 Å². The number of likely N-dealkylation sites (tertiary alicyclic amines) is 2. The molecule has 2 saturated heterocycles. The Balaban J connectivity index is 0.00000180. The van der Waals surface area contributed by atoms with Gasteiger partial charge in [-0.2, -0.15) is 0 Å². The first kappa shape index (κ1) is 20.0. The van der Waals surface area contributed by atoms with E-state index in [2.05, 4.69) is 4.90 Å². The maximum Gasteiger partial charge on any atom is 0.239 e. The molecule has 0 spiro atoms. The van der Waals surface area contributed by atoms with E-state index in [1.54, 1.807) is 0 Å². The van der Waals surface area contributed by atoms with Crippen LogP contribution in [0.1, 0.15) is 39.5 Å². The van der Waals surface area contributed by atoms with Gasteiger partial charge in [-0.05, 0) is 44.7 Å². The number of nitrogens with two attached hydrogens (primary N) is 1. The molecule has 0 radical (unpaired) electrons. The molecule has 1 unspecified atom stereocenters. The molecule has 0 bridgehead atoms. The van der Waals surface area contributed by atoms with E-state index < -0.39 is 0 Å². The summed E-state index contributed by atoms with van der Waals surface area (Å²) < 4.78 is 0. The lowest BCUT2D eigenvalue weighted by atomic mass is 9.99. The number of piperidine rings is 1. The van der Waals surface area contributed by atoms with Crippen LogP contribution in [0.4, 0.5) is 0 Å². The smallest absolute Gasteiger partial charge is 0.239 e. The molecular formula is C14H29Cl2N3O. The van der Waals surface area contributed by atoms with E-state index in [1.807, 2.05) is 18.7 Å². The van der Waals surface area contributed by atoms with Gasteiger partial charge in [0.2, 0.25) is 5.91 Å². The summed E-state index contributed by atoms with van der Waals surface area (Å²) in [6, 6.07) is 0.375. The van der Waals surface area contributed by atoms with E-state index >= 15 is 0 Å². The minimum Gasteiger partial charge on any atom is -0.341 e. The van der Waals surface area contributed by atoms with Gasteiger partial charge in [-0.3, -0.25) is 4.79 Å². The summed E-state index contributed by atoms with van der Waals surface area (Å²) in [4.78, 5) is 16.7. The Morgan fingerprint density at radius 1 is 1.05 bits per heavy atom. The molecule has 1 atom stereocenters. The Morgan fingerprint density at radius 2 is 1.55 bits per heavy atom. The first-order chi connectivity index (χ1) is 8.59. The molecule has 2 heterocycles. The molecular weight excluding hydrogens is 297 g/mol. The van der Waals surface area contributed by atoms with Crippen LogP contribution in [0.15, 0.2) is 0 Å². The third kappa shape index (κ3) is 4.76. The maximum absolute atomic E-state index is 12.2. The lowest BCUT2D eigenvalue weighted by molar-refractivity contribution is -0.135. The van der Waals surface area contributed by atoms with Gasteiger partial charge in [0.1, 0.15) is 0 Å². The second-order valence-electron chi connectivity index (χ2n) is 6.07. The van der Waals surface area contributed by atoms with Gasteiger partial charge in [-0.25, -0.2) is 0 Å². The van der Waals surface area contributed by atoms with Crippen molar-refractivity contribution >= 4 is 30.7 Å². The monoisotopic (exact) mass is 325 g/mol. The molecule has 4 nitrogen and oxygen atoms in total. The van der Waals surface area contributed by atoms with E-state index in [4.69, 9.17) is 5.73 Å². The molecule has 0 aromatic heterocycles. The van der Waals surface area contributed by atoms with Crippen LogP contribution in [-0.4, -0.2) is 54.0 Å². The van der Waals surface area contributed by atoms with Gasteiger partial charge in [-0.15, -0.1) is 24.8 Å². The van der Waals surface area contributed by atoms with Crippen LogP contribution in [0.5, 0.6) is 0 Å². The molecule has 2 N–H and O–H groups in total. The van der Waals surface area contributed by atoms with Crippen molar-refractivity contribution in [3.05, 3.63) is 0 Å². The second kappa shape index (κ2) is 9.08. The van der Waals surface area contributed by atoms with Gasteiger partial charge in [-0.1, -0.05) is 13.8 Å². The SMILES string of the molecule is CC(C)C(N)C(=O)N1CCC(N2CCCC2)CC1.Cl.Cl. The molecule has 0 saturated carbocycles. The lowest BCUT2D eigenvalue weighted by Gasteiger charge is -2.38. The highest BCUT2D eigenvalue weighted by Crippen LogP contribution is 2.21. The van der Waals surface area contributed by atoms with Crippen LogP contribution in [0.25, 0.3) is 0 Å². The van der Waals surface area contributed by atoms with Crippen LogP contribution in [0, 0.1) is 5.92 Å². The predicted octanol–water partition coefficient (Wildman–Crippen LogP) is 1.90. The van der Waals surface area contributed by atoms with E-state index in [0.717, 1.165) is 25.9 Å². The fourth-order valence-electron chi connectivity index (χ4n) is 3.05. The number of hydrogen-bond acceptors (Lipinski definition) is 3. The zero-order valence-electron chi connectivity index (χ0n) is 12.6. The Hall–Kier alpha value is -0.0300. The number of halogens is 2. The number of carbonyl (C=O) groups excluding carboxylic acids is 1. The van der Waals surface area contributed by atoms with Crippen molar-refractivity contribution in [2.75, 3.05) is 26.2 Å². The van der Waals surface area contributed by atoms with Crippen LogP contribution >= 0.6 is 24.8 Å². The molecule has 0 aromatic rings. The van der Waals surface area contributed by atoms with Crippen molar-refractivity contribution in [2.45, 2.75) is 51.6 Å². The minimum atomic E-state index is -0.326. The number of hydrogen-bond donors (Lipinski definition) is 1. The number of rotatable bonds is 3. The molecule has 120 valence electrons. The summed E-state index contributed by atoms with van der Waals surface area (Å²) in [5.41, 5.74) is 5.95. The highest BCUT2D eigenvalue weighted by molar-refractivity contribution is 5.85. The Bertz CT molecular complexity index is 288. The number of carbonyl (C=O) groups is 1. The fourth-order valence-corrected chi connectivity index (χ4v) is 3.05. The number of amides is 1. The third-order valence-electron chi connectivity index (χ3n) is 4.44.